The molecule has 19 heavy (non-hydrogen) atoms. The monoisotopic (exact) mass is 325 g/mol. The van der Waals surface area contributed by atoms with Crippen LogP contribution >= 0.6 is 15.9 Å². The Morgan fingerprint density at radius 2 is 2.11 bits per heavy atom. The Labute approximate surface area is 125 Å². The van der Waals surface area contributed by atoms with Crippen molar-refractivity contribution in [3.63, 3.8) is 0 Å². The summed E-state index contributed by atoms with van der Waals surface area (Å²) in [5, 5.41) is 3.61. The van der Waals surface area contributed by atoms with E-state index in [1.54, 1.807) is 0 Å². The van der Waals surface area contributed by atoms with E-state index in [4.69, 9.17) is 4.74 Å². The summed E-state index contributed by atoms with van der Waals surface area (Å²) in [6.45, 7) is 8.60. The van der Waals surface area contributed by atoms with Gasteiger partial charge < -0.3 is 10.1 Å². The van der Waals surface area contributed by atoms with E-state index in [0.29, 0.717) is 18.8 Å². The van der Waals surface area contributed by atoms with Gasteiger partial charge in [0.05, 0.1) is 12.7 Å². The summed E-state index contributed by atoms with van der Waals surface area (Å²) < 4.78 is 7.23. The first-order valence-electron chi connectivity index (χ1n) is 7.14. The number of rotatable bonds is 6. The summed E-state index contributed by atoms with van der Waals surface area (Å²) in [6, 6.07) is 8.86. The van der Waals surface area contributed by atoms with E-state index < -0.39 is 0 Å². The third-order valence-corrected chi connectivity index (χ3v) is 4.99. The van der Waals surface area contributed by atoms with Crippen LogP contribution in [0.15, 0.2) is 28.7 Å². The molecule has 0 heterocycles. The van der Waals surface area contributed by atoms with Gasteiger partial charge in [0.15, 0.2) is 0 Å². The highest BCUT2D eigenvalue weighted by atomic mass is 79.9. The standard InChI is InChI=1S/C16H24BrNO/c1-4-9-18-14-10-15(16(14,2)3)19-11-12-7-5-6-8-13(12)17/h5-8,14-15,18H,4,9-11H2,1-3H3. The normalized spacial score (nSPS) is 25.1. The Morgan fingerprint density at radius 3 is 2.74 bits per heavy atom. The van der Waals surface area contributed by atoms with E-state index >= 15 is 0 Å². The van der Waals surface area contributed by atoms with E-state index in [1.165, 1.54) is 12.0 Å². The van der Waals surface area contributed by atoms with E-state index in [9.17, 15) is 0 Å². The molecule has 1 aliphatic carbocycles. The molecule has 1 aromatic rings. The van der Waals surface area contributed by atoms with Crippen molar-refractivity contribution in [3.8, 4) is 0 Å². The number of nitrogens with one attached hydrogen (secondary N) is 1. The lowest BCUT2D eigenvalue weighted by molar-refractivity contribution is -0.124. The smallest absolute Gasteiger partial charge is 0.0731 e. The van der Waals surface area contributed by atoms with Gasteiger partial charge in [0.25, 0.3) is 0 Å². The van der Waals surface area contributed by atoms with E-state index in [0.717, 1.165) is 17.4 Å². The first-order valence-corrected chi connectivity index (χ1v) is 7.93. The maximum atomic E-state index is 6.10. The zero-order valence-corrected chi connectivity index (χ0v) is 13.7. The van der Waals surface area contributed by atoms with Gasteiger partial charge in [-0.2, -0.15) is 0 Å². The van der Waals surface area contributed by atoms with E-state index in [2.05, 4.69) is 60.2 Å². The lowest BCUT2D eigenvalue weighted by Crippen LogP contribution is -2.60. The summed E-state index contributed by atoms with van der Waals surface area (Å²) in [6.07, 6.45) is 2.67. The molecule has 2 unspecified atom stereocenters. The van der Waals surface area contributed by atoms with E-state index in [-0.39, 0.29) is 5.41 Å². The molecular weight excluding hydrogens is 302 g/mol. The fourth-order valence-electron chi connectivity index (χ4n) is 2.64. The molecule has 1 N–H and O–H groups in total. The fourth-order valence-corrected chi connectivity index (χ4v) is 3.04. The average Bonchev–Trinajstić information content (AvgIpc) is 2.39. The van der Waals surface area contributed by atoms with Crippen LogP contribution in [0.2, 0.25) is 0 Å². The van der Waals surface area contributed by atoms with Crippen LogP contribution in [0.1, 0.15) is 39.2 Å². The van der Waals surface area contributed by atoms with Crippen molar-refractivity contribution in [2.24, 2.45) is 5.41 Å². The highest BCUT2D eigenvalue weighted by molar-refractivity contribution is 9.10. The molecule has 0 amide bonds. The van der Waals surface area contributed by atoms with Gasteiger partial charge >= 0.3 is 0 Å². The highest BCUT2D eigenvalue weighted by Gasteiger charge is 2.48. The average molecular weight is 326 g/mol. The first kappa shape index (κ1) is 15.0. The van der Waals surface area contributed by atoms with Crippen molar-refractivity contribution < 1.29 is 4.74 Å². The number of halogens is 1. The van der Waals surface area contributed by atoms with Crippen molar-refractivity contribution >= 4 is 15.9 Å². The minimum Gasteiger partial charge on any atom is -0.373 e. The topological polar surface area (TPSA) is 21.3 Å². The molecule has 0 radical (unpaired) electrons. The van der Waals surface area contributed by atoms with Crippen LogP contribution in [0.4, 0.5) is 0 Å². The summed E-state index contributed by atoms with van der Waals surface area (Å²) in [7, 11) is 0. The Hall–Kier alpha value is -0.380. The zero-order chi connectivity index (χ0) is 13.9. The van der Waals surface area contributed by atoms with Gasteiger partial charge in [-0.05, 0) is 31.0 Å². The minimum atomic E-state index is 0.233. The molecule has 0 bridgehead atoms. The summed E-state index contributed by atoms with van der Waals surface area (Å²) >= 11 is 3.57. The predicted molar refractivity (Wildman–Crippen MR) is 83.2 cm³/mol. The third-order valence-electron chi connectivity index (χ3n) is 4.22. The number of ether oxygens (including phenoxy) is 1. The SMILES string of the molecule is CCCNC1CC(OCc2ccccc2Br)C1(C)C. The molecule has 1 aromatic carbocycles. The van der Waals surface area contributed by atoms with Crippen LogP contribution < -0.4 is 5.32 Å². The number of benzene rings is 1. The van der Waals surface area contributed by atoms with Crippen LogP contribution in [0.3, 0.4) is 0 Å². The summed E-state index contributed by atoms with van der Waals surface area (Å²) in [5.74, 6) is 0. The van der Waals surface area contributed by atoms with Gasteiger partial charge in [-0.25, -0.2) is 0 Å². The number of hydrogen-bond acceptors (Lipinski definition) is 2. The summed E-state index contributed by atoms with van der Waals surface area (Å²) in [5.41, 5.74) is 1.46. The molecule has 1 saturated carbocycles. The lowest BCUT2D eigenvalue weighted by atomic mass is 9.64. The van der Waals surface area contributed by atoms with Crippen molar-refractivity contribution in [1.29, 1.82) is 0 Å². The molecule has 3 heteroatoms. The molecule has 0 aliphatic heterocycles. The Kier molecular flexibility index (Phi) is 5.04. The fraction of sp³-hybridized carbons (Fsp3) is 0.625. The van der Waals surface area contributed by atoms with Gasteiger partial charge in [0.2, 0.25) is 0 Å². The van der Waals surface area contributed by atoms with Crippen LogP contribution in [-0.4, -0.2) is 18.7 Å². The maximum Gasteiger partial charge on any atom is 0.0731 e. The van der Waals surface area contributed by atoms with Crippen LogP contribution in [0, 0.1) is 5.41 Å². The van der Waals surface area contributed by atoms with Crippen molar-refractivity contribution in [1.82, 2.24) is 5.32 Å². The highest BCUT2D eigenvalue weighted by Crippen LogP contribution is 2.43. The molecule has 2 atom stereocenters. The molecule has 0 spiro atoms. The lowest BCUT2D eigenvalue weighted by Gasteiger charge is -2.52. The molecule has 1 fully saturated rings. The minimum absolute atomic E-state index is 0.233. The Balaban J connectivity index is 1.84. The van der Waals surface area contributed by atoms with Crippen molar-refractivity contribution in [3.05, 3.63) is 34.3 Å². The molecule has 2 rings (SSSR count). The maximum absolute atomic E-state index is 6.10. The Bertz CT molecular complexity index is 419. The predicted octanol–water partition coefficient (Wildman–Crippen LogP) is 4.13. The molecular formula is C16H24BrNO. The molecule has 0 aromatic heterocycles. The van der Waals surface area contributed by atoms with Crippen LogP contribution in [0.5, 0.6) is 0 Å². The van der Waals surface area contributed by atoms with Crippen molar-refractivity contribution in [2.75, 3.05) is 6.54 Å². The number of hydrogen-bond donors (Lipinski definition) is 1. The summed E-state index contributed by atoms with van der Waals surface area (Å²) in [4.78, 5) is 0. The largest absolute Gasteiger partial charge is 0.373 e. The molecule has 106 valence electrons. The molecule has 1 aliphatic rings. The van der Waals surface area contributed by atoms with E-state index in [1.807, 2.05) is 6.07 Å². The molecule has 0 saturated heterocycles. The second-order valence-electron chi connectivity index (χ2n) is 5.95. The third kappa shape index (κ3) is 3.39. The van der Waals surface area contributed by atoms with Gasteiger partial charge in [0.1, 0.15) is 0 Å². The second-order valence-corrected chi connectivity index (χ2v) is 6.81. The van der Waals surface area contributed by atoms with Crippen molar-refractivity contribution in [2.45, 2.75) is 52.4 Å². The van der Waals surface area contributed by atoms with Crippen LogP contribution in [-0.2, 0) is 11.3 Å². The zero-order valence-electron chi connectivity index (χ0n) is 12.1. The van der Waals surface area contributed by atoms with Crippen LogP contribution in [0.25, 0.3) is 0 Å². The van der Waals surface area contributed by atoms with Gasteiger partial charge in [0, 0.05) is 15.9 Å². The Morgan fingerprint density at radius 1 is 1.37 bits per heavy atom. The van der Waals surface area contributed by atoms with Gasteiger partial charge in [-0.15, -0.1) is 0 Å². The van der Waals surface area contributed by atoms with Gasteiger partial charge in [-0.1, -0.05) is 54.9 Å². The first-order chi connectivity index (χ1) is 9.05. The second kappa shape index (κ2) is 6.38. The van der Waals surface area contributed by atoms with Gasteiger partial charge in [-0.3, -0.25) is 0 Å². The molecule has 2 nitrogen and oxygen atoms in total. The quantitative estimate of drug-likeness (QED) is 0.849.